The first kappa shape index (κ1) is 13.4. The Hall–Kier alpha value is -0.690. The van der Waals surface area contributed by atoms with E-state index in [1.165, 1.54) is 15.6 Å². The van der Waals surface area contributed by atoms with Gasteiger partial charge in [0.15, 0.2) is 0 Å². The molecule has 2 N–H and O–H groups in total. The summed E-state index contributed by atoms with van der Waals surface area (Å²) >= 11 is 1.37. The number of hydrogen-bond donors (Lipinski definition) is 1. The standard InChI is InChI=1S/C10H16N2O2S2/c1-3-6-12(4-2)16(13,14)10-5-7-15-9(10)8-11/h3,5,7H,1,4,6,8,11H2,2H3. The molecule has 0 aromatic carbocycles. The molecule has 0 spiro atoms. The molecule has 1 aromatic rings. The maximum absolute atomic E-state index is 12.2. The Morgan fingerprint density at radius 3 is 2.81 bits per heavy atom. The first-order valence-electron chi connectivity index (χ1n) is 4.95. The van der Waals surface area contributed by atoms with E-state index >= 15 is 0 Å². The Morgan fingerprint density at radius 1 is 1.62 bits per heavy atom. The van der Waals surface area contributed by atoms with Gasteiger partial charge >= 0.3 is 0 Å². The summed E-state index contributed by atoms with van der Waals surface area (Å²) in [6.07, 6.45) is 1.58. The van der Waals surface area contributed by atoms with Crippen LogP contribution in [-0.2, 0) is 16.6 Å². The minimum absolute atomic E-state index is 0.248. The molecular formula is C10H16N2O2S2. The van der Waals surface area contributed by atoms with Gasteiger partial charge in [0.1, 0.15) is 0 Å². The van der Waals surface area contributed by atoms with Crippen molar-refractivity contribution in [3.05, 3.63) is 29.0 Å². The summed E-state index contributed by atoms with van der Waals surface area (Å²) in [7, 11) is -3.42. The van der Waals surface area contributed by atoms with E-state index in [-0.39, 0.29) is 6.54 Å². The topological polar surface area (TPSA) is 63.4 Å². The van der Waals surface area contributed by atoms with Gasteiger partial charge in [-0.2, -0.15) is 4.31 Å². The molecule has 0 bridgehead atoms. The third kappa shape index (κ3) is 2.52. The van der Waals surface area contributed by atoms with Gasteiger partial charge in [-0.15, -0.1) is 17.9 Å². The van der Waals surface area contributed by atoms with Crippen LogP contribution in [0.1, 0.15) is 11.8 Å². The second-order valence-electron chi connectivity index (χ2n) is 3.16. The lowest BCUT2D eigenvalue weighted by atomic mass is 10.5. The van der Waals surface area contributed by atoms with Gasteiger partial charge in [0.25, 0.3) is 0 Å². The van der Waals surface area contributed by atoms with Crippen LogP contribution in [0.25, 0.3) is 0 Å². The molecule has 16 heavy (non-hydrogen) atoms. The van der Waals surface area contributed by atoms with Crippen LogP contribution in [0.15, 0.2) is 29.0 Å². The smallest absolute Gasteiger partial charge is 0.244 e. The predicted octanol–water partition coefficient (Wildman–Crippen LogP) is 1.40. The Morgan fingerprint density at radius 2 is 2.31 bits per heavy atom. The van der Waals surface area contributed by atoms with E-state index in [2.05, 4.69) is 6.58 Å². The van der Waals surface area contributed by atoms with Crippen molar-refractivity contribution in [3.63, 3.8) is 0 Å². The molecule has 0 aliphatic rings. The molecule has 1 rings (SSSR count). The van der Waals surface area contributed by atoms with E-state index in [1.54, 1.807) is 24.4 Å². The molecule has 0 saturated heterocycles. The lowest BCUT2D eigenvalue weighted by Gasteiger charge is -2.18. The number of nitrogens with two attached hydrogens (primary N) is 1. The zero-order chi connectivity index (χ0) is 12.2. The second kappa shape index (κ2) is 5.58. The molecule has 90 valence electrons. The van der Waals surface area contributed by atoms with E-state index in [9.17, 15) is 8.42 Å². The van der Waals surface area contributed by atoms with Gasteiger partial charge in [-0.05, 0) is 11.4 Å². The Labute approximate surface area is 100 Å². The molecule has 0 saturated carbocycles. The van der Waals surface area contributed by atoms with Crippen LogP contribution in [0, 0.1) is 0 Å². The molecule has 1 aromatic heterocycles. The summed E-state index contributed by atoms with van der Waals surface area (Å²) in [6.45, 7) is 6.35. The fraction of sp³-hybridized carbons (Fsp3) is 0.400. The maximum atomic E-state index is 12.2. The largest absolute Gasteiger partial charge is 0.326 e. The van der Waals surface area contributed by atoms with Gasteiger partial charge in [-0.3, -0.25) is 0 Å². The fourth-order valence-electron chi connectivity index (χ4n) is 1.39. The number of likely N-dealkylation sites (N-methyl/N-ethyl adjacent to an activating group) is 1. The molecule has 4 nitrogen and oxygen atoms in total. The van der Waals surface area contributed by atoms with Crippen molar-refractivity contribution in [2.24, 2.45) is 5.73 Å². The average Bonchev–Trinajstić information content (AvgIpc) is 2.74. The summed E-state index contributed by atoms with van der Waals surface area (Å²) < 4.78 is 25.8. The Bertz CT molecular complexity index is 451. The fourth-order valence-corrected chi connectivity index (χ4v) is 4.11. The number of thiophene rings is 1. The number of hydrogen-bond acceptors (Lipinski definition) is 4. The van der Waals surface area contributed by atoms with Crippen molar-refractivity contribution in [1.82, 2.24) is 4.31 Å². The third-order valence-electron chi connectivity index (χ3n) is 2.19. The minimum atomic E-state index is -3.42. The molecule has 0 aliphatic carbocycles. The summed E-state index contributed by atoms with van der Waals surface area (Å²) in [5.74, 6) is 0. The van der Waals surface area contributed by atoms with Gasteiger partial charge in [-0.25, -0.2) is 8.42 Å². The van der Waals surface area contributed by atoms with Gasteiger partial charge in [0.05, 0.1) is 4.90 Å². The highest BCUT2D eigenvalue weighted by molar-refractivity contribution is 7.89. The van der Waals surface area contributed by atoms with Crippen molar-refractivity contribution < 1.29 is 8.42 Å². The van der Waals surface area contributed by atoms with Crippen LogP contribution < -0.4 is 5.73 Å². The number of rotatable bonds is 6. The van der Waals surface area contributed by atoms with Crippen molar-refractivity contribution in [2.75, 3.05) is 13.1 Å². The van der Waals surface area contributed by atoms with Crippen molar-refractivity contribution in [3.8, 4) is 0 Å². The highest BCUT2D eigenvalue weighted by atomic mass is 32.2. The van der Waals surface area contributed by atoms with Crippen LogP contribution >= 0.6 is 11.3 Å². The highest BCUT2D eigenvalue weighted by Crippen LogP contribution is 2.24. The van der Waals surface area contributed by atoms with E-state index in [4.69, 9.17) is 5.73 Å². The summed E-state index contributed by atoms with van der Waals surface area (Å²) in [5.41, 5.74) is 5.51. The van der Waals surface area contributed by atoms with Crippen LogP contribution in [-0.4, -0.2) is 25.8 Å². The van der Waals surface area contributed by atoms with Crippen molar-refractivity contribution in [1.29, 1.82) is 0 Å². The summed E-state index contributed by atoms with van der Waals surface area (Å²) in [5, 5.41) is 1.75. The molecule has 6 heteroatoms. The number of nitrogens with zero attached hydrogens (tertiary/aromatic N) is 1. The van der Waals surface area contributed by atoms with E-state index in [1.807, 2.05) is 0 Å². The van der Waals surface area contributed by atoms with Crippen LogP contribution in [0.4, 0.5) is 0 Å². The van der Waals surface area contributed by atoms with Gasteiger partial charge in [0.2, 0.25) is 10.0 Å². The van der Waals surface area contributed by atoms with Gasteiger partial charge in [-0.1, -0.05) is 13.0 Å². The zero-order valence-electron chi connectivity index (χ0n) is 9.22. The van der Waals surface area contributed by atoms with E-state index in [0.717, 1.165) is 0 Å². The highest BCUT2D eigenvalue weighted by Gasteiger charge is 2.25. The van der Waals surface area contributed by atoms with Crippen LogP contribution in [0.3, 0.4) is 0 Å². The number of sulfonamides is 1. The van der Waals surface area contributed by atoms with E-state index < -0.39 is 10.0 Å². The molecule has 0 unspecified atom stereocenters. The van der Waals surface area contributed by atoms with Gasteiger partial charge < -0.3 is 5.73 Å². The molecule has 1 heterocycles. The molecule has 0 radical (unpaired) electrons. The van der Waals surface area contributed by atoms with Crippen molar-refractivity contribution in [2.45, 2.75) is 18.4 Å². The quantitative estimate of drug-likeness (QED) is 0.786. The minimum Gasteiger partial charge on any atom is -0.326 e. The molecular weight excluding hydrogens is 244 g/mol. The molecule has 0 amide bonds. The first-order valence-corrected chi connectivity index (χ1v) is 7.27. The monoisotopic (exact) mass is 260 g/mol. The predicted molar refractivity (Wildman–Crippen MR) is 66.8 cm³/mol. The SMILES string of the molecule is C=CCN(CC)S(=O)(=O)c1ccsc1CN. The van der Waals surface area contributed by atoms with Crippen molar-refractivity contribution >= 4 is 21.4 Å². The lowest BCUT2D eigenvalue weighted by molar-refractivity contribution is 0.459. The summed E-state index contributed by atoms with van der Waals surface area (Å²) in [4.78, 5) is 1.02. The normalized spacial score (nSPS) is 11.9. The zero-order valence-corrected chi connectivity index (χ0v) is 10.9. The molecule has 0 aliphatic heterocycles. The second-order valence-corrected chi connectivity index (χ2v) is 6.06. The average molecular weight is 260 g/mol. The Balaban J connectivity index is 3.14. The first-order chi connectivity index (χ1) is 7.57. The Kier molecular flexibility index (Phi) is 4.67. The summed E-state index contributed by atoms with van der Waals surface area (Å²) in [6, 6.07) is 1.61. The van der Waals surface area contributed by atoms with Gasteiger partial charge in [0, 0.05) is 24.5 Å². The third-order valence-corrected chi connectivity index (χ3v) is 5.29. The molecule has 0 atom stereocenters. The lowest BCUT2D eigenvalue weighted by Crippen LogP contribution is -2.31. The van der Waals surface area contributed by atoms with Crippen LogP contribution in [0.5, 0.6) is 0 Å². The van der Waals surface area contributed by atoms with Crippen LogP contribution in [0.2, 0.25) is 0 Å². The molecule has 0 fully saturated rings. The van der Waals surface area contributed by atoms with E-state index in [0.29, 0.717) is 22.9 Å². The maximum Gasteiger partial charge on any atom is 0.244 e.